The van der Waals surface area contributed by atoms with E-state index in [0.29, 0.717) is 5.92 Å². The van der Waals surface area contributed by atoms with Crippen molar-refractivity contribution in [2.75, 3.05) is 0 Å². The molecule has 0 aliphatic rings. The number of hydrogen-bond acceptors (Lipinski definition) is 0. The Labute approximate surface area is 142 Å². The van der Waals surface area contributed by atoms with E-state index in [0.717, 1.165) is 17.5 Å². The fraction of sp³-hybridized carbons (Fsp3) is 0.304. The molecule has 0 nitrogen and oxygen atoms in total. The highest BCUT2D eigenvalue weighted by molar-refractivity contribution is 5.66. The molecule has 2 aromatic rings. The minimum absolute atomic E-state index is 0.434. The lowest BCUT2D eigenvalue weighted by atomic mass is 9.83. The lowest BCUT2D eigenvalue weighted by Gasteiger charge is -2.22. The summed E-state index contributed by atoms with van der Waals surface area (Å²) < 4.78 is 0. The first-order valence-corrected chi connectivity index (χ1v) is 8.57. The molecule has 0 heterocycles. The lowest BCUT2D eigenvalue weighted by molar-refractivity contribution is 0.765. The molecule has 2 aromatic carbocycles. The van der Waals surface area contributed by atoms with Gasteiger partial charge in [-0.15, -0.1) is 0 Å². The van der Waals surface area contributed by atoms with E-state index in [-0.39, 0.29) is 0 Å². The maximum Gasteiger partial charge on any atom is 0.00921 e. The quantitative estimate of drug-likeness (QED) is 0.550. The normalized spacial score (nSPS) is 11.2. The van der Waals surface area contributed by atoms with Crippen LogP contribution >= 0.6 is 0 Å². The van der Waals surface area contributed by atoms with Gasteiger partial charge in [-0.25, -0.2) is 0 Å². The zero-order valence-electron chi connectivity index (χ0n) is 15.3. The molecule has 0 heteroatoms. The SMILES string of the molecule is C=Cc1cc(C)c(C(CC)c2ccccc2C)cc1C=C.CC. The van der Waals surface area contributed by atoms with Crippen molar-refractivity contribution in [1.82, 2.24) is 0 Å². The highest BCUT2D eigenvalue weighted by Gasteiger charge is 2.17. The fourth-order valence-electron chi connectivity index (χ4n) is 3.08. The van der Waals surface area contributed by atoms with Crippen LogP contribution in [0.2, 0.25) is 0 Å². The van der Waals surface area contributed by atoms with Crippen molar-refractivity contribution in [2.24, 2.45) is 0 Å². The maximum atomic E-state index is 3.94. The zero-order chi connectivity index (χ0) is 17.4. The summed E-state index contributed by atoms with van der Waals surface area (Å²) in [6, 6.07) is 13.2. The molecule has 122 valence electrons. The van der Waals surface area contributed by atoms with E-state index in [2.05, 4.69) is 70.3 Å². The third-order valence-corrected chi connectivity index (χ3v) is 4.26. The molecule has 0 radical (unpaired) electrons. The molecule has 0 bridgehead atoms. The van der Waals surface area contributed by atoms with E-state index in [1.54, 1.807) is 0 Å². The van der Waals surface area contributed by atoms with Crippen molar-refractivity contribution in [1.29, 1.82) is 0 Å². The average Bonchev–Trinajstić information content (AvgIpc) is 2.59. The van der Waals surface area contributed by atoms with Crippen molar-refractivity contribution in [3.8, 4) is 0 Å². The second kappa shape index (κ2) is 9.15. The first-order valence-electron chi connectivity index (χ1n) is 8.57. The van der Waals surface area contributed by atoms with Crippen LogP contribution in [0.3, 0.4) is 0 Å². The van der Waals surface area contributed by atoms with Crippen molar-refractivity contribution in [2.45, 2.75) is 47.0 Å². The second-order valence-corrected chi connectivity index (χ2v) is 5.56. The Balaban J connectivity index is 0.00000127. The van der Waals surface area contributed by atoms with Gasteiger partial charge in [0.25, 0.3) is 0 Å². The molecule has 0 spiro atoms. The van der Waals surface area contributed by atoms with Gasteiger partial charge < -0.3 is 0 Å². The van der Waals surface area contributed by atoms with Crippen LogP contribution in [0.1, 0.15) is 66.5 Å². The van der Waals surface area contributed by atoms with Crippen LogP contribution in [0.15, 0.2) is 49.6 Å². The monoisotopic (exact) mass is 306 g/mol. The van der Waals surface area contributed by atoms with Gasteiger partial charge in [-0.1, -0.05) is 82.5 Å². The average molecular weight is 306 g/mol. The number of rotatable bonds is 5. The summed E-state index contributed by atoms with van der Waals surface area (Å²) in [5.74, 6) is 0.434. The van der Waals surface area contributed by atoms with Gasteiger partial charge in [0.2, 0.25) is 0 Å². The smallest absolute Gasteiger partial charge is 0.00921 e. The Morgan fingerprint density at radius 3 is 1.96 bits per heavy atom. The predicted molar refractivity (Wildman–Crippen MR) is 106 cm³/mol. The molecule has 0 aliphatic carbocycles. The molecule has 23 heavy (non-hydrogen) atoms. The molecule has 0 aromatic heterocycles. The minimum Gasteiger partial charge on any atom is -0.0984 e. The van der Waals surface area contributed by atoms with Crippen LogP contribution in [-0.4, -0.2) is 0 Å². The van der Waals surface area contributed by atoms with Gasteiger partial charge in [0.05, 0.1) is 0 Å². The van der Waals surface area contributed by atoms with Crippen LogP contribution in [0, 0.1) is 13.8 Å². The summed E-state index contributed by atoms with van der Waals surface area (Å²) >= 11 is 0. The molecule has 1 unspecified atom stereocenters. The van der Waals surface area contributed by atoms with Gasteiger partial charge in [0, 0.05) is 5.92 Å². The van der Waals surface area contributed by atoms with E-state index >= 15 is 0 Å². The summed E-state index contributed by atoms with van der Waals surface area (Å²) in [4.78, 5) is 0. The molecule has 1 atom stereocenters. The summed E-state index contributed by atoms with van der Waals surface area (Å²) in [5.41, 5.74) is 7.82. The van der Waals surface area contributed by atoms with Gasteiger partial charge in [0.15, 0.2) is 0 Å². The molecule has 0 amide bonds. The van der Waals surface area contributed by atoms with E-state index < -0.39 is 0 Å². The Bertz CT molecular complexity index is 662. The van der Waals surface area contributed by atoms with Gasteiger partial charge in [0.1, 0.15) is 0 Å². The van der Waals surface area contributed by atoms with E-state index in [4.69, 9.17) is 0 Å². The first kappa shape index (κ1) is 19.0. The summed E-state index contributed by atoms with van der Waals surface area (Å²) in [6.45, 7) is 18.5. The molecule has 2 rings (SSSR count). The summed E-state index contributed by atoms with van der Waals surface area (Å²) in [5, 5.41) is 0. The lowest BCUT2D eigenvalue weighted by Crippen LogP contribution is -2.05. The van der Waals surface area contributed by atoms with Crippen LogP contribution < -0.4 is 0 Å². The van der Waals surface area contributed by atoms with Crippen molar-refractivity contribution >= 4 is 12.2 Å². The summed E-state index contributed by atoms with van der Waals surface area (Å²) in [6.07, 6.45) is 4.92. The van der Waals surface area contributed by atoms with Crippen molar-refractivity contribution in [3.05, 3.63) is 82.9 Å². The van der Waals surface area contributed by atoms with E-state index in [1.807, 2.05) is 26.0 Å². The minimum atomic E-state index is 0.434. The first-order chi connectivity index (χ1) is 11.1. The Kier molecular flexibility index (Phi) is 7.54. The van der Waals surface area contributed by atoms with E-state index in [9.17, 15) is 0 Å². The molecular weight excluding hydrogens is 276 g/mol. The molecule has 0 N–H and O–H groups in total. The molecule has 0 fully saturated rings. The van der Waals surface area contributed by atoms with Gasteiger partial charge in [-0.2, -0.15) is 0 Å². The number of benzene rings is 2. The molecule has 0 aliphatic heterocycles. The Morgan fingerprint density at radius 2 is 1.43 bits per heavy atom. The second-order valence-electron chi connectivity index (χ2n) is 5.56. The van der Waals surface area contributed by atoms with Crippen LogP contribution in [0.5, 0.6) is 0 Å². The van der Waals surface area contributed by atoms with E-state index in [1.165, 1.54) is 22.3 Å². The zero-order valence-corrected chi connectivity index (χ0v) is 15.3. The summed E-state index contributed by atoms with van der Waals surface area (Å²) in [7, 11) is 0. The highest BCUT2D eigenvalue weighted by Crippen LogP contribution is 2.34. The topological polar surface area (TPSA) is 0 Å². The fourth-order valence-corrected chi connectivity index (χ4v) is 3.08. The maximum absolute atomic E-state index is 3.94. The van der Waals surface area contributed by atoms with Crippen molar-refractivity contribution in [3.63, 3.8) is 0 Å². The van der Waals surface area contributed by atoms with Crippen LogP contribution in [-0.2, 0) is 0 Å². The Hall–Kier alpha value is -2.08. The molecule has 0 saturated carbocycles. The van der Waals surface area contributed by atoms with Crippen LogP contribution in [0.25, 0.3) is 12.2 Å². The standard InChI is InChI=1S/C21H24.C2H6/c1-6-17-13-16(5)21(14-18(17)7-2)19(8-3)20-12-10-9-11-15(20)4;1-2/h6-7,9-14,19H,1-2,8H2,3-5H3;1-2H3. The van der Waals surface area contributed by atoms with Gasteiger partial charge in [-0.05, 0) is 53.6 Å². The third-order valence-electron chi connectivity index (χ3n) is 4.26. The number of hydrogen-bond donors (Lipinski definition) is 0. The van der Waals surface area contributed by atoms with Gasteiger partial charge in [-0.3, -0.25) is 0 Å². The predicted octanol–water partition coefficient (Wildman–Crippen LogP) is 7.16. The molecule has 0 saturated heterocycles. The van der Waals surface area contributed by atoms with Crippen molar-refractivity contribution < 1.29 is 0 Å². The Morgan fingerprint density at radius 1 is 0.870 bits per heavy atom. The number of aryl methyl sites for hydroxylation is 2. The van der Waals surface area contributed by atoms with Gasteiger partial charge >= 0.3 is 0 Å². The highest BCUT2D eigenvalue weighted by atomic mass is 14.2. The largest absolute Gasteiger partial charge is 0.0984 e. The molecular formula is C23H30. The third kappa shape index (κ3) is 4.22. The van der Waals surface area contributed by atoms with Crippen LogP contribution in [0.4, 0.5) is 0 Å².